The summed E-state index contributed by atoms with van der Waals surface area (Å²) in [6.07, 6.45) is 3.71. The van der Waals surface area contributed by atoms with Crippen LogP contribution in [0.4, 0.5) is 11.6 Å². The van der Waals surface area contributed by atoms with Gasteiger partial charge in [0.25, 0.3) is 5.91 Å². The van der Waals surface area contributed by atoms with Gasteiger partial charge >= 0.3 is 0 Å². The van der Waals surface area contributed by atoms with E-state index in [1.165, 1.54) is 6.92 Å². The monoisotopic (exact) mass is 326 g/mol. The van der Waals surface area contributed by atoms with Crippen LogP contribution in [0.5, 0.6) is 0 Å². The number of carbonyl (C=O) groups is 2. The number of anilines is 2. The van der Waals surface area contributed by atoms with Crippen LogP contribution in [0.15, 0.2) is 36.5 Å². The van der Waals surface area contributed by atoms with E-state index in [-0.39, 0.29) is 11.7 Å². The number of unbranched alkanes of at least 4 members (excludes halogenated alkanes) is 1. The van der Waals surface area contributed by atoms with E-state index in [1.54, 1.807) is 36.5 Å². The van der Waals surface area contributed by atoms with Crippen molar-refractivity contribution in [1.29, 1.82) is 0 Å². The topological polar surface area (TPSA) is 75.2 Å². The van der Waals surface area contributed by atoms with Gasteiger partial charge in [-0.2, -0.15) is 0 Å². The summed E-state index contributed by atoms with van der Waals surface area (Å²) in [7, 11) is 1.91. The molecular formula is C18H22N4O2. The second-order valence-electron chi connectivity index (χ2n) is 5.60. The number of hydrogen-bond acceptors (Lipinski definition) is 5. The summed E-state index contributed by atoms with van der Waals surface area (Å²) < 4.78 is 0. The third-order valence-corrected chi connectivity index (χ3v) is 3.61. The first-order valence-corrected chi connectivity index (χ1v) is 7.97. The minimum atomic E-state index is -0.307. The Hall–Kier alpha value is -2.76. The number of nitrogens with one attached hydrogen (secondary N) is 1. The van der Waals surface area contributed by atoms with Crippen LogP contribution < -0.4 is 10.2 Å². The summed E-state index contributed by atoms with van der Waals surface area (Å²) in [4.78, 5) is 34.1. The van der Waals surface area contributed by atoms with E-state index in [9.17, 15) is 9.59 Å². The van der Waals surface area contributed by atoms with Crippen molar-refractivity contribution in [3.05, 3.63) is 47.8 Å². The van der Waals surface area contributed by atoms with Gasteiger partial charge in [-0.05, 0) is 43.7 Å². The molecule has 0 aliphatic carbocycles. The zero-order chi connectivity index (χ0) is 17.5. The molecule has 2 aromatic rings. The summed E-state index contributed by atoms with van der Waals surface area (Å²) >= 11 is 0. The van der Waals surface area contributed by atoms with Crippen molar-refractivity contribution in [3.63, 3.8) is 0 Å². The maximum absolute atomic E-state index is 12.3. The molecule has 0 aliphatic heterocycles. The Morgan fingerprint density at radius 1 is 1.17 bits per heavy atom. The summed E-state index contributed by atoms with van der Waals surface area (Å²) in [6, 6.07) is 8.34. The lowest BCUT2D eigenvalue weighted by molar-refractivity contribution is 0.101. The molecule has 1 aromatic heterocycles. The van der Waals surface area contributed by atoms with Gasteiger partial charge in [-0.15, -0.1) is 0 Å². The Bertz CT molecular complexity index is 713. The molecule has 0 bridgehead atoms. The number of nitrogens with zero attached hydrogens (tertiary/aromatic N) is 3. The number of Topliss-reactive ketones (excluding diaryl/α,β-unsaturated/α-hetero) is 1. The molecule has 0 unspecified atom stereocenters. The molecule has 126 valence electrons. The normalized spacial score (nSPS) is 10.3. The van der Waals surface area contributed by atoms with Crippen molar-refractivity contribution >= 4 is 23.3 Å². The molecule has 0 fully saturated rings. The van der Waals surface area contributed by atoms with Crippen LogP contribution in [-0.4, -0.2) is 35.3 Å². The average molecular weight is 326 g/mol. The highest BCUT2D eigenvalue weighted by atomic mass is 16.2. The van der Waals surface area contributed by atoms with E-state index < -0.39 is 0 Å². The Morgan fingerprint density at radius 3 is 2.50 bits per heavy atom. The molecule has 6 heteroatoms. The summed E-state index contributed by atoms with van der Waals surface area (Å²) in [5.41, 5.74) is 1.53. The highest BCUT2D eigenvalue weighted by molar-refractivity contribution is 6.03. The molecule has 0 spiro atoms. The molecule has 0 aliphatic rings. The van der Waals surface area contributed by atoms with Crippen LogP contribution >= 0.6 is 0 Å². The minimum absolute atomic E-state index is 0.0107. The predicted octanol–water partition coefficient (Wildman–Crippen LogP) is 3.17. The lowest BCUT2D eigenvalue weighted by Gasteiger charge is -2.16. The maximum Gasteiger partial charge on any atom is 0.274 e. The quantitative estimate of drug-likeness (QED) is 0.791. The molecule has 24 heavy (non-hydrogen) atoms. The van der Waals surface area contributed by atoms with Gasteiger partial charge < -0.3 is 10.2 Å². The first-order valence-electron chi connectivity index (χ1n) is 7.97. The van der Waals surface area contributed by atoms with Crippen molar-refractivity contribution in [1.82, 2.24) is 9.97 Å². The van der Waals surface area contributed by atoms with Crippen LogP contribution in [0.2, 0.25) is 0 Å². The molecule has 1 heterocycles. The van der Waals surface area contributed by atoms with E-state index >= 15 is 0 Å². The van der Waals surface area contributed by atoms with Crippen LogP contribution in [0.25, 0.3) is 0 Å². The lowest BCUT2D eigenvalue weighted by Crippen LogP contribution is -2.22. The highest BCUT2D eigenvalue weighted by Crippen LogP contribution is 2.12. The van der Waals surface area contributed by atoms with E-state index in [1.807, 2.05) is 11.9 Å². The van der Waals surface area contributed by atoms with Gasteiger partial charge in [0.2, 0.25) is 5.95 Å². The summed E-state index contributed by atoms with van der Waals surface area (Å²) in [5.74, 6) is 0.213. The van der Waals surface area contributed by atoms with Crippen molar-refractivity contribution in [2.45, 2.75) is 26.7 Å². The van der Waals surface area contributed by atoms with Gasteiger partial charge in [-0.25, -0.2) is 9.97 Å². The SMILES string of the molecule is CCCCN(C)c1nccc(C(=O)Nc2ccc(C(C)=O)cc2)n1. The third kappa shape index (κ3) is 4.62. The first-order chi connectivity index (χ1) is 11.5. The molecule has 2 rings (SSSR count). The standard InChI is InChI=1S/C18H22N4O2/c1-4-5-12-22(3)18-19-11-10-16(21-18)17(24)20-15-8-6-14(7-9-15)13(2)23/h6-11H,4-5,12H2,1-3H3,(H,20,24). The number of amides is 1. The molecule has 1 amide bonds. The van der Waals surface area contributed by atoms with Gasteiger partial charge in [-0.3, -0.25) is 9.59 Å². The number of ketones is 1. The second-order valence-corrected chi connectivity index (χ2v) is 5.60. The molecule has 1 N–H and O–H groups in total. The van der Waals surface area contributed by atoms with Crippen LogP contribution in [-0.2, 0) is 0 Å². The largest absolute Gasteiger partial charge is 0.344 e. The molecule has 1 aromatic carbocycles. The van der Waals surface area contributed by atoms with Crippen LogP contribution in [0, 0.1) is 0 Å². The number of benzene rings is 1. The predicted molar refractivity (Wildman–Crippen MR) is 94.6 cm³/mol. The number of hydrogen-bond donors (Lipinski definition) is 1. The Balaban J connectivity index is 2.08. The van der Waals surface area contributed by atoms with Gasteiger partial charge in [0.05, 0.1) is 0 Å². The van der Waals surface area contributed by atoms with Gasteiger partial charge in [0, 0.05) is 31.0 Å². The fourth-order valence-corrected chi connectivity index (χ4v) is 2.14. The molecule has 0 radical (unpaired) electrons. The molecule has 6 nitrogen and oxygen atoms in total. The zero-order valence-electron chi connectivity index (χ0n) is 14.2. The van der Waals surface area contributed by atoms with Crippen molar-refractivity contribution in [3.8, 4) is 0 Å². The molecule has 0 saturated carbocycles. The maximum atomic E-state index is 12.3. The van der Waals surface area contributed by atoms with Crippen LogP contribution in [0.1, 0.15) is 47.5 Å². The van der Waals surface area contributed by atoms with E-state index in [0.717, 1.165) is 19.4 Å². The number of rotatable bonds is 7. The van der Waals surface area contributed by atoms with E-state index in [4.69, 9.17) is 0 Å². The lowest BCUT2D eigenvalue weighted by atomic mass is 10.1. The van der Waals surface area contributed by atoms with E-state index in [2.05, 4.69) is 22.2 Å². The summed E-state index contributed by atoms with van der Waals surface area (Å²) in [6.45, 7) is 4.47. The van der Waals surface area contributed by atoms with E-state index in [0.29, 0.717) is 22.9 Å². The molecular weight excluding hydrogens is 304 g/mol. The Morgan fingerprint density at radius 2 is 1.88 bits per heavy atom. The zero-order valence-corrected chi connectivity index (χ0v) is 14.2. The minimum Gasteiger partial charge on any atom is -0.344 e. The van der Waals surface area contributed by atoms with Gasteiger partial charge in [0.1, 0.15) is 5.69 Å². The van der Waals surface area contributed by atoms with Crippen molar-refractivity contribution in [2.24, 2.45) is 0 Å². The summed E-state index contributed by atoms with van der Waals surface area (Å²) in [5, 5.41) is 2.77. The smallest absolute Gasteiger partial charge is 0.274 e. The number of carbonyl (C=O) groups excluding carboxylic acids is 2. The number of aromatic nitrogens is 2. The Kier molecular flexibility index (Phi) is 6.01. The fourth-order valence-electron chi connectivity index (χ4n) is 2.14. The second kappa shape index (κ2) is 8.19. The van der Waals surface area contributed by atoms with Crippen molar-refractivity contribution < 1.29 is 9.59 Å². The molecule has 0 atom stereocenters. The average Bonchev–Trinajstić information content (AvgIpc) is 2.60. The van der Waals surface area contributed by atoms with Crippen LogP contribution in [0.3, 0.4) is 0 Å². The van der Waals surface area contributed by atoms with Gasteiger partial charge in [-0.1, -0.05) is 13.3 Å². The Labute approximate surface area is 141 Å². The highest BCUT2D eigenvalue weighted by Gasteiger charge is 2.11. The van der Waals surface area contributed by atoms with Crippen molar-refractivity contribution in [2.75, 3.05) is 23.8 Å². The first kappa shape index (κ1) is 17.6. The fraction of sp³-hybridized carbons (Fsp3) is 0.333. The molecule has 0 saturated heterocycles. The third-order valence-electron chi connectivity index (χ3n) is 3.61. The van der Waals surface area contributed by atoms with Gasteiger partial charge in [0.15, 0.2) is 5.78 Å².